The van der Waals surface area contributed by atoms with Gasteiger partial charge < -0.3 is 15.2 Å². The molecule has 18 heteroatoms. The number of alkyl halides is 10. The first-order valence-corrected chi connectivity index (χ1v) is 17.1. The van der Waals surface area contributed by atoms with Crippen molar-refractivity contribution in [3.8, 4) is 0 Å². The summed E-state index contributed by atoms with van der Waals surface area (Å²) in [6.07, 6.45) is -13.2. The molecule has 0 bridgehead atoms. The Hall–Kier alpha value is -3.29. The first-order valence-electron chi connectivity index (χ1n) is 14.6. The van der Waals surface area contributed by atoms with Gasteiger partial charge in [0.05, 0.1) is 28.2 Å². The topological polar surface area (TPSA) is 76.0 Å². The predicted molar refractivity (Wildman–Crippen MR) is 176 cm³/mol. The molecule has 1 aliphatic carbocycles. The second kappa shape index (κ2) is 14.0. The number of hydrogen-bond acceptors (Lipinski definition) is 4. The number of carbonyl (C=O) groups excluding carboxylic acids is 2. The highest BCUT2D eigenvalue weighted by Crippen LogP contribution is 2.53. The van der Waals surface area contributed by atoms with Gasteiger partial charge >= 0.3 is 24.2 Å². The van der Waals surface area contributed by atoms with Crippen molar-refractivity contribution in [1.82, 2.24) is 20.2 Å². The van der Waals surface area contributed by atoms with Crippen molar-refractivity contribution < 1.29 is 53.5 Å². The van der Waals surface area contributed by atoms with Gasteiger partial charge in [0.25, 0.3) is 11.8 Å². The maximum Gasteiger partial charge on any atom is 0.449 e. The molecule has 3 aromatic rings. The summed E-state index contributed by atoms with van der Waals surface area (Å²) in [4.78, 5) is 29.9. The van der Waals surface area contributed by atoms with Gasteiger partial charge in [-0.1, -0.05) is 29.9 Å². The minimum Gasteiger partial charge on any atom is -0.346 e. The van der Waals surface area contributed by atoms with Gasteiger partial charge in [-0.15, -0.1) is 0 Å². The molecule has 272 valence electrons. The number of rotatable bonds is 9. The average molecular weight is 851 g/mol. The highest BCUT2D eigenvalue weighted by atomic mass is 127. The van der Waals surface area contributed by atoms with Gasteiger partial charge in [0.1, 0.15) is 0 Å². The lowest BCUT2D eigenvalue weighted by molar-refractivity contribution is -0.348. The Morgan fingerprint density at radius 1 is 0.980 bits per heavy atom. The molecule has 1 aliphatic rings. The summed E-state index contributed by atoms with van der Waals surface area (Å²) in [5.74, 6) is -2.05. The third-order valence-corrected chi connectivity index (χ3v) is 9.76. The van der Waals surface area contributed by atoms with Gasteiger partial charge in [-0.2, -0.15) is 51.3 Å². The fourth-order valence-electron chi connectivity index (χ4n) is 5.53. The van der Waals surface area contributed by atoms with E-state index in [9.17, 15) is 53.5 Å². The third-order valence-electron chi connectivity index (χ3n) is 7.85. The zero-order chi connectivity index (χ0) is 37.6. The van der Waals surface area contributed by atoms with Crippen LogP contribution >= 0.6 is 34.4 Å². The van der Waals surface area contributed by atoms with E-state index in [-0.39, 0.29) is 35.3 Å². The molecule has 0 radical (unpaired) electrons. The number of benzene rings is 2. The summed E-state index contributed by atoms with van der Waals surface area (Å²) in [6, 6.07) is 4.79. The Kier molecular flexibility index (Phi) is 11.1. The minimum atomic E-state index is -6.46. The van der Waals surface area contributed by atoms with Crippen LogP contribution in [0.5, 0.6) is 0 Å². The lowest BCUT2D eigenvalue weighted by Gasteiger charge is -2.30. The summed E-state index contributed by atoms with van der Waals surface area (Å²) < 4.78 is 138. The van der Waals surface area contributed by atoms with Gasteiger partial charge in [0.15, 0.2) is 0 Å². The van der Waals surface area contributed by atoms with Crippen molar-refractivity contribution in [2.24, 2.45) is 0 Å². The molecule has 0 aliphatic heterocycles. The molecular formula is C32H29F10IN4O2S. The molecule has 50 heavy (non-hydrogen) atoms. The van der Waals surface area contributed by atoms with Crippen LogP contribution in [0, 0.1) is 3.57 Å². The standard InChI is InChI=1S/C32H29F10IN4O2S/c1-16-12-17(8-10-21(16)44-25(48)19-6-5-7-20(43)24(19)26(49)46-28(2,3)15-50-4)14-47-23-11-9-18(13-22(23)45-27(47)30(34,35)36)29(33,31(37,38)39)32(40,41)42/h5-9,11-13,21H,10,14-15H2,1-4H3,(H,44,48)(H,46,49). The van der Waals surface area contributed by atoms with Crippen molar-refractivity contribution >= 4 is 57.2 Å². The first kappa shape index (κ1) is 39.5. The smallest absolute Gasteiger partial charge is 0.346 e. The monoisotopic (exact) mass is 850 g/mol. The van der Waals surface area contributed by atoms with Crippen molar-refractivity contribution in [2.45, 2.75) is 69.5 Å². The zero-order valence-corrected chi connectivity index (χ0v) is 29.6. The zero-order valence-electron chi connectivity index (χ0n) is 26.6. The van der Waals surface area contributed by atoms with E-state index < -0.39 is 76.6 Å². The van der Waals surface area contributed by atoms with Gasteiger partial charge in [-0.25, -0.2) is 9.37 Å². The fourth-order valence-corrected chi connectivity index (χ4v) is 7.07. The quantitative estimate of drug-likeness (QED) is 0.167. The molecule has 0 spiro atoms. The average Bonchev–Trinajstić information content (AvgIpc) is 3.34. The maximum atomic E-state index is 14.7. The lowest BCUT2D eigenvalue weighted by Crippen LogP contribution is -2.50. The predicted octanol–water partition coefficient (Wildman–Crippen LogP) is 8.90. The second-order valence-electron chi connectivity index (χ2n) is 12.2. The maximum absolute atomic E-state index is 14.7. The van der Waals surface area contributed by atoms with Gasteiger partial charge in [0, 0.05) is 27.0 Å². The van der Waals surface area contributed by atoms with Gasteiger partial charge in [-0.05, 0) is 85.9 Å². The Bertz CT molecular complexity index is 1850. The largest absolute Gasteiger partial charge is 0.449 e. The first-order chi connectivity index (χ1) is 22.9. The summed E-state index contributed by atoms with van der Waals surface area (Å²) in [5, 5.41) is 5.76. The van der Waals surface area contributed by atoms with Crippen LogP contribution in [0.25, 0.3) is 11.0 Å². The van der Waals surface area contributed by atoms with Crippen LogP contribution in [0.3, 0.4) is 0 Å². The number of carbonyl (C=O) groups is 2. The number of hydrogen-bond donors (Lipinski definition) is 2. The Labute approximate surface area is 297 Å². The van der Waals surface area contributed by atoms with Gasteiger partial charge in [0.2, 0.25) is 5.82 Å². The van der Waals surface area contributed by atoms with Gasteiger partial charge in [-0.3, -0.25) is 9.59 Å². The van der Waals surface area contributed by atoms with E-state index in [0.717, 1.165) is 0 Å². The van der Waals surface area contributed by atoms with Crippen LogP contribution in [0.15, 0.2) is 59.7 Å². The number of nitrogens with zero attached hydrogens (tertiary/aromatic N) is 2. The molecule has 1 aromatic heterocycles. The molecule has 1 heterocycles. The number of thioether (sulfide) groups is 1. The number of nitrogens with one attached hydrogen (secondary N) is 2. The number of aromatic nitrogens is 2. The molecule has 1 atom stereocenters. The molecule has 2 N–H and O–H groups in total. The number of fused-ring (bicyclic) bond motifs is 1. The number of amides is 2. The van der Waals surface area contributed by atoms with Crippen molar-refractivity contribution in [1.29, 1.82) is 0 Å². The van der Waals surface area contributed by atoms with Crippen LogP contribution in [0.2, 0.25) is 0 Å². The molecule has 2 amide bonds. The molecule has 4 rings (SSSR count). The molecule has 0 saturated carbocycles. The SMILES string of the molecule is CSCC(C)(C)NC(=O)c1c(I)cccc1C(=O)NC1CC=C(Cn2c(C(F)(F)F)nc3cc(C(F)(C(F)(F)F)C(F)(F)F)ccc32)C=C1C. The number of halogens is 11. The molecule has 6 nitrogen and oxygen atoms in total. The van der Waals surface area contributed by atoms with E-state index in [1.54, 1.807) is 19.1 Å². The van der Waals surface area contributed by atoms with E-state index in [1.165, 1.54) is 30.0 Å². The van der Waals surface area contributed by atoms with E-state index >= 15 is 0 Å². The van der Waals surface area contributed by atoms with E-state index in [4.69, 9.17) is 0 Å². The summed E-state index contributed by atoms with van der Waals surface area (Å²) in [5.41, 5.74) is -8.78. The van der Waals surface area contributed by atoms with Crippen molar-refractivity contribution in [3.63, 3.8) is 0 Å². The van der Waals surface area contributed by atoms with Crippen molar-refractivity contribution in [3.05, 3.63) is 85.8 Å². The van der Waals surface area contributed by atoms with Crippen LogP contribution in [-0.4, -0.2) is 57.3 Å². The third kappa shape index (κ3) is 7.94. The van der Waals surface area contributed by atoms with Crippen LogP contribution in [-0.2, 0) is 18.4 Å². The molecule has 1 unspecified atom stereocenters. The van der Waals surface area contributed by atoms with Crippen molar-refractivity contribution in [2.75, 3.05) is 12.0 Å². The highest BCUT2D eigenvalue weighted by Gasteiger charge is 2.73. The normalized spacial score (nSPS) is 16.3. The molecule has 0 saturated heterocycles. The summed E-state index contributed by atoms with van der Waals surface area (Å²) >= 11 is 3.48. The second-order valence-corrected chi connectivity index (χ2v) is 14.3. The van der Waals surface area contributed by atoms with E-state index in [0.29, 0.717) is 25.5 Å². The Morgan fingerprint density at radius 2 is 1.62 bits per heavy atom. The minimum absolute atomic E-state index is 0.00694. The summed E-state index contributed by atoms with van der Waals surface area (Å²) in [7, 11) is 0. The fraction of sp³-hybridized carbons (Fsp3) is 0.406. The van der Waals surface area contributed by atoms with E-state index in [1.807, 2.05) is 42.7 Å². The molecular weight excluding hydrogens is 821 g/mol. The number of allylic oxidation sites excluding steroid dienone is 2. The Morgan fingerprint density at radius 3 is 2.18 bits per heavy atom. The van der Waals surface area contributed by atoms with Crippen LogP contribution < -0.4 is 10.6 Å². The highest BCUT2D eigenvalue weighted by molar-refractivity contribution is 14.1. The number of imidazole rings is 1. The van der Waals surface area contributed by atoms with E-state index in [2.05, 4.69) is 15.6 Å². The summed E-state index contributed by atoms with van der Waals surface area (Å²) in [6.45, 7) is 4.72. The van der Waals surface area contributed by atoms with Crippen LogP contribution in [0.1, 0.15) is 59.3 Å². The molecule has 0 fully saturated rings. The molecule has 2 aromatic carbocycles. The van der Waals surface area contributed by atoms with Crippen LogP contribution in [0.4, 0.5) is 43.9 Å². The lowest BCUT2D eigenvalue weighted by atomic mass is 9.93. The Balaban J connectivity index is 1.61.